The molecule has 0 saturated heterocycles. The Morgan fingerprint density at radius 1 is 0.886 bits per heavy atom. The van der Waals surface area contributed by atoms with Gasteiger partial charge < -0.3 is 20.9 Å². The normalized spacial score (nSPS) is 13.0. The standard InChI is InChI=1S/C36H45N5O3/c1-7-25(4)41(6)36(44)31-19-29(33-16-12-11-15-28(33)21-37)18-30(20-31)35(43)40-32(17-27-13-9-8-10-14-27)23-38-26(5)34(42)39-22-24(2)3/h8-16,18-20,24-26,32,38H,7,17,22-23H2,1-6H3,(H,39,42)(H,40,43)/t25?,26-,32-/m0/s1. The van der Waals surface area contributed by atoms with Crippen molar-refractivity contribution in [2.75, 3.05) is 20.1 Å². The molecule has 0 radical (unpaired) electrons. The molecule has 0 spiro atoms. The average molecular weight is 596 g/mol. The van der Waals surface area contributed by atoms with Crippen molar-refractivity contribution in [1.29, 1.82) is 5.26 Å². The molecule has 8 heteroatoms. The van der Waals surface area contributed by atoms with Crippen LogP contribution in [0.2, 0.25) is 0 Å². The zero-order valence-electron chi connectivity index (χ0n) is 26.7. The van der Waals surface area contributed by atoms with Gasteiger partial charge in [0.1, 0.15) is 0 Å². The van der Waals surface area contributed by atoms with Gasteiger partial charge in [0, 0.05) is 43.3 Å². The van der Waals surface area contributed by atoms with Crippen LogP contribution in [0.5, 0.6) is 0 Å². The first kappa shape index (κ1) is 34.0. The van der Waals surface area contributed by atoms with Crippen LogP contribution in [0.1, 0.15) is 72.9 Å². The molecule has 0 bridgehead atoms. The van der Waals surface area contributed by atoms with Crippen molar-refractivity contribution in [1.82, 2.24) is 20.9 Å². The van der Waals surface area contributed by atoms with Gasteiger partial charge in [-0.15, -0.1) is 0 Å². The van der Waals surface area contributed by atoms with Crippen molar-refractivity contribution in [3.05, 3.63) is 95.1 Å². The molecule has 8 nitrogen and oxygen atoms in total. The highest BCUT2D eigenvalue weighted by Crippen LogP contribution is 2.27. The molecular weight excluding hydrogens is 550 g/mol. The van der Waals surface area contributed by atoms with Crippen LogP contribution < -0.4 is 16.0 Å². The SMILES string of the molecule is CCC(C)N(C)C(=O)c1cc(C(=O)N[C@H](CN[C@@H](C)C(=O)NCC(C)C)Cc2ccccc2)cc(-c2ccccc2C#N)c1. The molecule has 0 aromatic heterocycles. The van der Waals surface area contributed by atoms with E-state index in [-0.39, 0.29) is 29.8 Å². The highest BCUT2D eigenvalue weighted by Gasteiger charge is 2.22. The summed E-state index contributed by atoms with van der Waals surface area (Å²) in [6, 6.07) is 23.5. The second kappa shape index (κ2) is 16.4. The van der Waals surface area contributed by atoms with E-state index >= 15 is 0 Å². The predicted octanol–water partition coefficient (Wildman–Crippen LogP) is 5.19. The second-order valence-electron chi connectivity index (χ2n) is 11.8. The maximum absolute atomic E-state index is 13.9. The van der Waals surface area contributed by atoms with E-state index in [1.807, 2.05) is 70.2 Å². The molecule has 3 amide bonds. The molecule has 0 heterocycles. The van der Waals surface area contributed by atoms with Crippen LogP contribution in [-0.4, -0.2) is 60.9 Å². The summed E-state index contributed by atoms with van der Waals surface area (Å²) in [5.74, 6) is -0.301. The molecule has 3 rings (SSSR count). The van der Waals surface area contributed by atoms with Crippen LogP contribution in [0.4, 0.5) is 0 Å². The Bertz CT molecular complexity index is 1460. The van der Waals surface area contributed by atoms with Crippen molar-refractivity contribution >= 4 is 17.7 Å². The van der Waals surface area contributed by atoms with Crippen LogP contribution in [0.15, 0.2) is 72.8 Å². The number of nitrogens with zero attached hydrogens (tertiary/aromatic N) is 2. The molecule has 3 aromatic carbocycles. The molecule has 0 aliphatic carbocycles. The van der Waals surface area contributed by atoms with Gasteiger partial charge in [0.25, 0.3) is 11.8 Å². The summed E-state index contributed by atoms with van der Waals surface area (Å²) in [7, 11) is 1.76. The lowest BCUT2D eigenvalue weighted by Crippen LogP contribution is -2.50. The van der Waals surface area contributed by atoms with Crippen molar-refractivity contribution in [2.24, 2.45) is 5.92 Å². The number of hydrogen-bond donors (Lipinski definition) is 3. The molecule has 1 unspecified atom stereocenters. The van der Waals surface area contributed by atoms with Gasteiger partial charge in [0.15, 0.2) is 0 Å². The Morgan fingerprint density at radius 3 is 2.20 bits per heavy atom. The number of benzene rings is 3. The topological polar surface area (TPSA) is 114 Å². The Labute approximate surface area is 261 Å². The fourth-order valence-corrected chi connectivity index (χ4v) is 4.76. The van der Waals surface area contributed by atoms with E-state index in [1.165, 1.54) is 0 Å². The summed E-state index contributed by atoms with van der Waals surface area (Å²) in [4.78, 5) is 41.7. The Kier molecular flexibility index (Phi) is 12.7. The third-order valence-corrected chi connectivity index (χ3v) is 7.78. The third-order valence-electron chi connectivity index (χ3n) is 7.78. The minimum atomic E-state index is -0.449. The zero-order valence-corrected chi connectivity index (χ0v) is 26.7. The quantitative estimate of drug-likeness (QED) is 0.237. The Morgan fingerprint density at radius 2 is 1.55 bits per heavy atom. The van der Waals surface area contributed by atoms with Gasteiger partial charge in [-0.3, -0.25) is 14.4 Å². The van der Waals surface area contributed by atoms with Gasteiger partial charge in [0.2, 0.25) is 5.91 Å². The highest BCUT2D eigenvalue weighted by molar-refractivity contribution is 6.02. The maximum atomic E-state index is 13.9. The molecule has 0 fully saturated rings. The number of hydrogen-bond acceptors (Lipinski definition) is 5. The number of carbonyl (C=O) groups is 3. The van der Waals surface area contributed by atoms with Gasteiger partial charge in [-0.2, -0.15) is 5.26 Å². The largest absolute Gasteiger partial charge is 0.354 e. The Hall–Kier alpha value is -4.48. The molecule has 3 N–H and O–H groups in total. The minimum Gasteiger partial charge on any atom is -0.354 e. The molecule has 0 saturated carbocycles. The predicted molar refractivity (Wildman–Crippen MR) is 175 cm³/mol. The molecule has 0 aliphatic rings. The van der Waals surface area contributed by atoms with E-state index < -0.39 is 6.04 Å². The first-order valence-corrected chi connectivity index (χ1v) is 15.3. The van der Waals surface area contributed by atoms with E-state index in [4.69, 9.17) is 0 Å². The lowest BCUT2D eigenvalue weighted by molar-refractivity contribution is -0.122. The average Bonchev–Trinajstić information content (AvgIpc) is 3.04. The minimum absolute atomic E-state index is 0.0101. The van der Waals surface area contributed by atoms with E-state index in [9.17, 15) is 19.6 Å². The molecule has 3 atom stereocenters. The van der Waals surface area contributed by atoms with Gasteiger partial charge >= 0.3 is 0 Å². The fourth-order valence-electron chi connectivity index (χ4n) is 4.76. The number of nitriles is 1. The number of carbonyl (C=O) groups excluding carboxylic acids is 3. The fraction of sp³-hybridized carbons (Fsp3) is 0.389. The van der Waals surface area contributed by atoms with E-state index in [1.54, 1.807) is 49.2 Å². The lowest BCUT2D eigenvalue weighted by atomic mass is 9.95. The number of amides is 3. The molecule has 0 aliphatic heterocycles. The Balaban J connectivity index is 1.94. The van der Waals surface area contributed by atoms with Gasteiger partial charge in [-0.05, 0) is 73.6 Å². The van der Waals surface area contributed by atoms with Gasteiger partial charge in [-0.25, -0.2) is 0 Å². The first-order valence-electron chi connectivity index (χ1n) is 15.3. The second-order valence-corrected chi connectivity index (χ2v) is 11.8. The highest BCUT2D eigenvalue weighted by atomic mass is 16.2. The molecule has 3 aromatic rings. The third kappa shape index (κ3) is 9.51. The van der Waals surface area contributed by atoms with Crippen molar-refractivity contribution in [3.63, 3.8) is 0 Å². The zero-order chi connectivity index (χ0) is 32.2. The van der Waals surface area contributed by atoms with Crippen LogP contribution in [0.3, 0.4) is 0 Å². The van der Waals surface area contributed by atoms with Crippen LogP contribution >= 0.6 is 0 Å². The summed E-state index contributed by atoms with van der Waals surface area (Å²) in [6.45, 7) is 10.8. The monoisotopic (exact) mass is 595 g/mol. The molecule has 232 valence electrons. The summed E-state index contributed by atoms with van der Waals surface area (Å²) in [5, 5.41) is 19.1. The van der Waals surface area contributed by atoms with E-state index in [2.05, 4.69) is 22.0 Å². The van der Waals surface area contributed by atoms with Crippen LogP contribution in [-0.2, 0) is 11.2 Å². The lowest BCUT2D eigenvalue weighted by Gasteiger charge is -2.25. The van der Waals surface area contributed by atoms with Crippen molar-refractivity contribution < 1.29 is 14.4 Å². The smallest absolute Gasteiger partial charge is 0.253 e. The van der Waals surface area contributed by atoms with E-state index in [0.717, 1.165) is 12.0 Å². The maximum Gasteiger partial charge on any atom is 0.253 e. The summed E-state index contributed by atoms with van der Waals surface area (Å²) >= 11 is 0. The van der Waals surface area contributed by atoms with E-state index in [0.29, 0.717) is 53.2 Å². The number of nitrogens with one attached hydrogen (secondary N) is 3. The summed E-state index contributed by atoms with van der Waals surface area (Å²) < 4.78 is 0. The van der Waals surface area contributed by atoms with Crippen molar-refractivity contribution in [2.45, 2.75) is 65.6 Å². The molecular formula is C36H45N5O3. The summed E-state index contributed by atoms with van der Waals surface area (Å²) in [5.41, 5.74) is 3.44. The molecule has 44 heavy (non-hydrogen) atoms. The van der Waals surface area contributed by atoms with Crippen LogP contribution in [0.25, 0.3) is 11.1 Å². The van der Waals surface area contributed by atoms with Gasteiger partial charge in [-0.1, -0.05) is 69.3 Å². The summed E-state index contributed by atoms with van der Waals surface area (Å²) in [6.07, 6.45) is 1.33. The number of rotatable bonds is 14. The first-order chi connectivity index (χ1) is 21.0. The van der Waals surface area contributed by atoms with Gasteiger partial charge in [0.05, 0.1) is 17.7 Å². The van der Waals surface area contributed by atoms with Crippen molar-refractivity contribution in [3.8, 4) is 17.2 Å². The van der Waals surface area contributed by atoms with Crippen LogP contribution in [0, 0.1) is 17.2 Å².